The monoisotopic (exact) mass is 374 g/mol. The summed E-state index contributed by atoms with van der Waals surface area (Å²) in [6.45, 7) is 0.913. The van der Waals surface area contributed by atoms with Crippen LogP contribution >= 0.6 is 12.4 Å². The predicted octanol–water partition coefficient (Wildman–Crippen LogP) is 2.75. The standard InChI is InChI=1S/C20H22N2O3.ClH/c21-10-13-9-14(23)11-22(13)20(24)25-12-19-17-7-3-1-5-15(17)16-6-2-4-8-18(16)19;/h1-8,13-14,19,23H,9-12,21H2;1H/t13-,14-;/m1./s1. The van der Waals surface area contributed by atoms with Gasteiger partial charge in [-0.05, 0) is 28.7 Å². The number of halogens is 1. The Morgan fingerprint density at radius 1 is 1.12 bits per heavy atom. The number of fused-ring (bicyclic) bond motifs is 3. The summed E-state index contributed by atoms with van der Waals surface area (Å²) < 4.78 is 5.62. The lowest BCUT2D eigenvalue weighted by molar-refractivity contribution is 0.0918. The van der Waals surface area contributed by atoms with E-state index in [1.165, 1.54) is 22.3 Å². The van der Waals surface area contributed by atoms with Gasteiger partial charge < -0.3 is 20.5 Å². The highest BCUT2D eigenvalue weighted by atomic mass is 35.5. The smallest absolute Gasteiger partial charge is 0.410 e. The lowest BCUT2D eigenvalue weighted by Gasteiger charge is -2.23. The van der Waals surface area contributed by atoms with Crippen LogP contribution in [-0.2, 0) is 4.74 Å². The topological polar surface area (TPSA) is 75.8 Å². The molecule has 0 radical (unpaired) electrons. The Labute approximate surface area is 159 Å². The van der Waals surface area contributed by atoms with Crippen LogP contribution in [0.2, 0.25) is 0 Å². The Morgan fingerprint density at radius 3 is 2.27 bits per heavy atom. The molecule has 1 amide bonds. The van der Waals surface area contributed by atoms with Crippen LogP contribution in [0.4, 0.5) is 4.79 Å². The van der Waals surface area contributed by atoms with Crippen molar-refractivity contribution in [3.05, 3.63) is 59.7 Å². The third kappa shape index (κ3) is 3.18. The minimum absolute atomic E-state index is 0. The largest absolute Gasteiger partial charge is 0.448 e. The number of nitrogens with zero attached hydrogens (tertiary/aromatic N) is 1. The maximum atomic E-state index is 12.5. The number of amides is 1. The van der Waals surface area contributed by atoms with Gasteiger partial charge in [-0.25, -0.2) is 4.79 Å². The van der Waals surface area contributed by atoms with E-state index in [9.17, 15) is 9.90 Å². The molecular weight excluding hydrogens is 352 g/mol. The number of carbonyl (C=O) groups excluding carboxylic acids is 1. The molecule has 0 aromatic heterocycles. The number of carbonyl (C=O) groups is 1. The Morgan fingerprint density at radius 2 is 1.69 bits per heavy atom. The molecule has 0 spiro atoms. The second kappa shape index (κ2) is 7.66. The maximum absolute atomic E-state index is 12.5. The van der Waals surface area contributed by atoms with Gasteiger partial charge >= 0.3 is 6.09 Å². The van der Waals surface area contributed by atoms with Gasteiger partial charge in [0.1, 0.15) is 6.61 Å². The molecule has 3 N–H and O–H groups in total. The van der Waals surface area contributed by atoms with Gasteiger partial charge in [-0.1, -0.05) is 48.5 Å². The zero-order valence-corrected chi connectivity index (χ0v) is 15.2. The van der Waals surface area contributed by atoms with E-state index >= 15 is 0 Å². The molecule has 1 heterocycles. The van der Waals surface area contributed by atoms with E-state index in [1.54, 1.807) is 4.90 Å². The Balaban J connectivity index is 0.00000196. The molecule has 1 aliphatic carbocycles. The number of hydrogen-bond acceptors (Lipinski definition) is 4. The molecule has 1 aliphatic heterocycles. The average Bonchev–Trinajstić information content (AvgIpc) is 3.18. The SMILES string of the molecule is Cl.NC[C@H]1C[C@@H](O)CN1C(=O)OCC1c2ccccc2-c2ccccc21. The van der Waals surface area contributed by atoms with E-state index in [2.05, 4.69) is 24.3 Å². The average molecular weight is 375 g/mol. The second-order valence-corrected chi connectivity index (χ2v) is 6.74. The van der Waals surface area contributed by atoms with E-state index < -0.39 is 12.2 Å². The van der Waals surface area contributed by atoms with Gasteiger partial charge in [0.15, 0.2) is 0 Å². The van der Waals surface area contributed by atoms with Crippen molar-refractivity contribution in [1.29, 1.82) is 0 Å². The number of rotatable bonds is 3. The number of hydrogen-bond donors (Lipinski definition) is 2. The van der Waals surface area contributed by atoms with Crippen LogP contribution in [0, 0.1) is 0 Å². The molecule has 2 aromatic carbocycles. The number of aliphatic hydroxyl groups excluding tert-OH is 1. The van der Waals surface area contributed by atoms with Crippen molar-refractivity contribution < 1.29 is 14.6 Å². The quantitative estimate of drug-likeness (QED) is 0.866. The zero-order chi connectivity index (χ0) is 17.4. The fraction of sp³-hybridized carbons (Fsp3) is 0.350. The molecule has 26 heavy (non-hydrogen) atoms. The van der Waals surface area contributed by atoms with E-state index in [4.69, 9.17) is 10.5 Å². The summed E-state index contributed by atoms with van der Waals surface area (Å²) in [5, 5.41) is 9.79. The van der Waals surface area contributed by atoms with Crippen LogP contribution in [-0.4, -0.2) is 47.9 Å². The van der Waals surface area contributed by atoms with Gasteiger partial charge in [0.2, 0.25) is 0 Å². The molecule has 2 aliphatic rings. The lowest BCUT2D eigenvalue weighted by atomic mass is 9.98. The minimum Gasteiger partial charge on any atom is -0.448 e. The zero-order valence-electron chi connectivity index (χ0n) is 14.4. The maximum Gasteiger partial charge on any atom is 0.410 e. The summed E-state index contributed by atoms with van der Waals surface area (Å²) >= 11 is 0. The normalized spacial score (nSPS) is 21.1. The molecular formula is C20H23ClN2O3. The second-order valence-electron chi connectivity index (χ2n) is 6.74. The fourth-order valence-electron chi connectivity index (χ4n) is 4.02. The van der Waals surface area contributed by atoms with Crippen LogP contribution in [0.25, 0.3) is 11.1 Å². The van der Waals surface area contributed by atoms with Crippen molar-refractivity contribution in [2.45, 2.75) is 24.5 Å². The van der Waals surface area contributed by atoms with Crippen molar-refractivity contribution in [1.82, 2.24) is 4.90 Å². The Kier molecular flexibility index (Phi) is 5.51. The van der Waals surface area contributed by atoms with Gasteiger partial charge in [-0.3, -0.25) is 0 Å². The van der Waals surface area contributed by atoms with Crippen LogP contribution in [0.15, 0.2) is 48.5 Å². The molecule has 138 valence electrons. The first-order valence-electron chi connectivity index (χ1n) is 8.68. The van der Waals surface area contributed by atoms with E-state index in [0.717, 1.165) is 0 Å². The third-order valence-corrected chi connectivity index (χ3v) is 5.24. The van der Waals surface area contributed by atoms with Gasteiger partial charge in [-0.2, -0.15) is 0 Å². The van der Waals surface area contributed by atoms with Gasteiger partial charge in [0.05, 0.1) is 12.6 Å². The van der Waals surface area contributed by atoms with Gasteiger partial charge in [-0.15, -0.1) is 12.4 Å². The third-order valence-electron chi connectivity index (χ3n) is 5.24. The minimum atomic E-state index is -0.519. The van der Waals surface area contributed by atoms with E-state index in [1.807, 2.05) is 24.3 Å². The molecule has 0 saturated carbocycles. The molecule has 2 aromatic rings. The Hall–Kier alpha value is -2.08. The van der Waals surface area contributed by atoms with E-state index in [0.29, 0.717) is 19.5 Å². The number of aliphatic hydroxyl groups is 1. The van der Waals surface area contributed by atoms with Crippen molar-refractivity contribution in [3.8, 4) is 11.1 Å². The summed E-state index contributed by atoms with van der Waals surface area (Å²) in [4.78, 5) is 14.0. The van der Waals surface area contributed by atoms with Crippen molar-refractivity contribution in [2.24, 2.45) is 5.73 Å². The summed E-state index contributed by atoms with van der Waals surface area (Å²) in [6, 6.07) is 16.3. The van der Waals surface area contributed by atoms with Gasteiger partial charge in [0, 0.05) is 18.5 Å². The number of β-amino-alcohol motifs (C(OH)–C–C–N with tert-alkyl or cyclic N) is 1. The van der Waals surface area contributed by atoms with Crippen LogP contribution < -0.4 is 5.73 Å². The van der Waals surface area contributed by atoms with Crippen molar-refractivity contribution >= 4 is 18.5 Å². The molecule has 1 saturated heterocycles. The summed E-state index contributed by atoms with van der Waals surface area (Å²) in [7, 11) is 0. The van der Waals surface area contributed by atoms with Crippen molar-refractivity contribution in [2.75, 3.05) is 19.7 Å². The number of nitrogens with two attached hydrogens (primary N) is 1. The molecule has 5 nitrogen and oxygen atoms in total. The summed E-state index contributed by atoms with van der Waals surface area (Å²) in [6.07, 6.45) is -0.399. The molecule has 1 fully saturated rings. The highest BCUT2D eigenvalue weighted by molar-refractivity contribution is 5.85. The highest BCUT2D eigenvalue weighted by Crippen LogP contribution is 2.44. The predicted molar refractivity (Wildman–Crippen MR) is 102 cm³/mol. The van der Waals surface area contributed by atoms with Gasteiger partial charge in [0.25, 0.3) is 0 Å². The molecule has 0 unspecified atom stereocenters. The molecule has 2 atom stereocenters. The summed E-state index contributed by atoms with van der Waals surface area (Å²) in [5.41, 5.74) is 10.5. The lowest BCUT2D eigenvalue weighted by Crippen LogP contribution is -2.40. The number of ether oxygens (including phenoxy) is 1. The fourth-order valence-corrected chi connectivity index (χ4v) is 4.02. The first-order valence-corrected chi connectivity index (χ1v) is 8.68. The molecule has 6 heteroatoms. The summed E-state index contributed by atoms with van der Waals surface area (Å²) in [5.74, 6) is 0.0419. The Bertz CT molecular complexity index is 753. The van der Waals surface area contributed by atoms with Crippen molar-refractivity contribution in [3.63, 3.8) is 0 Å². The number of benzene rings is 2. The molecule has 0 bridgehead atoms. The van der Waals surface area contributed by atoms with Crippen LogP contribution in [0.5, 0.6) is 0 Å². The first-order chi connectivity index (χ1) is 12.2. The molecule has 4 rings (SSSR count). The van der Waals surface area contributed by atoms with E-state index in [-0.39, 0.29) is 31.0 Å². The van der Waals surface area contributed by atoms with Crippen LogP contribution in [0.3, 0.4) is 0 Å². The number of likely N-dealkylation sites (tertiary alicyclic amines) is 1. The highest BCUT2D eigenvalue weighted by Gasteiger charge is 2.35. The van der Waals surface area contributed by atoms with Crippen LogP contribution in [0.1, 0.15) is 23.5 Å². The first kappa shape index (κ1) is 18.7.